The molecule has 0 atom stereocenters. The zero-order chi connectivity index (χ0) is 12.5. The van der Waals surface area contributed by atoms with E-state index in [1.807, 2.05) is 0 Å². The fourth-order valence-corrected chi connectivity index (χ4v) is 1.89. The number of hydrogen-bond acceptors (Lipinski definition) is 5. The smallest absolute Gasteiger partial charge is 0.307 e. The lowest BCUT2D eigenvalue weighted by Crippen LogP contribution is -2.12. The summed E-state index contributed by atoms with van der Waals surface area (Å²) in [5.74, 6) is -0.998. The summed E-state index contributed by atoms with van der Waals surface area (Å²) < 4.78 is 22.5. The molecule has 0 bridgehead atoms. The molecular weight excluding hydrogens is 232 g/mol. The topological polar surface area (TPSA) is 97.2 Å². The highest BCUT2D eigenvalue weighted by Crippen LogP contribution is 2.13. The Kier molecular flexibility index (Phi) is 3.27. The molecule has 0 aliphatic carbocycles. The molecule has 16 heavy (non-hydrogen) atoms. The van der Waals surface area contributed by atoms with Crippen molar-refractivity contribution < 1.29 is 18.3 Å². The lowest BCUT2D eigenvalue weighted by molar-refractivity contribution is -0.136. The van der Waals surface area contributed by atoms with Crippen molar-refractivity contribution >= 4 is 15.8 Å². The second kappa shape index (κ2) is 4.17. The molecular formula is C9H12N2O4S. The number of rotatable bonds is 3. The van der Waals surface area contributed by atoms with Crippen molar-refractivity contribution in [2.45, 2.75) is 25.4 Å². The molecule has 0 saturated carbocycles. The number of carboxylic acids is 1. The number of carboxylic acid groups (broad SMARTS) is 1. The maximum atomic E-state index is 11.2. The van der Waals surface area contributed by atoms with Crippen LogP contribution in [0.5, 0.6) is 0 Å². The molecule has 0 amide bonds. The Balaban J connectivity index is 3.34. The summed E-state index contributed by atoms with van der Waals surface area (Å²) in [5.41, 5.74) is 1.23. The average molecular weight is 244 g/mol. The minimum Gasteiger partial charge on any atom is -0.481 e. The third-order valence-corrected chi connectivity index (χ3v) is 2.91. The molecule has 1 aromatic rings. The van der Waals surface area contributed by atoms with Crippen molar-refractivity contribution in [3.8, 4) is 0 Å². The van der Waals surface area contributed by atoms with E-state index in [1.54, 1.807) is 13.8 Å². The molecule has 7 heteroatoms. The summed E-state index contributed by atoms with van der Waals surface area (Å²) in [7, 11) is -3.46. The van der Waals surface area contributed by atoms with Crippen molar-refractivity contribution in [1.29, 1.82) is 0 Å². The molecule has 88 valence electrons. The molecule has 0 unspecified atom stereocenters. The van der Waals surface area contributed by atoms with E-state index in [0.29, 0.717) is 17.0 Å². The highest BCUT2D eigenvalue weighted by atomic mass is 32.2. The first-order chi connectivity index (χ1) is 7.21. The van der Waals surface area contributed by atoms with Gasteiger partial charge in [-0.05, 0) is 13.8 Å². The first-order valence-electron chi connectivity index (χ1n) is 4.47. The molecule has 1 N–H and O–H groups in total. The standard InChI is InChI=1S/C9H12N2O4S/c1-5-7(4-8(12)13)6(2)11-9(10-5)16(3,14)15/h4H2,1-3H3,(H,12,13). The molecule has 0 aliphatic rings. The van der Waals surface area contributed by atoms with E-state index < -0.39 is 15.8 Å². The third kappa shape index (κ3) is 2.75. The minimum atomic E-state index is -3.46. The Morgan fingerprint density at radius 1 is 1.25 bits per heavy atom. The Bertz CT molecular complexity index is 513. The van der Waals surface area contributed by atoms with Gasteiger partial charge in [0.25, 0.3) is 0 Å². The predicted octanol–water partition coefficient (Wildman–Crippen LogP) is 0.124. The van der Waals surface area contributed by atoms with E-state index in [4.69, 9.17) is 5.11 Å². The summed E-state index contributed by atoms with van der Waals surface area (Å²) in [5, 5.41) is 8.40. The fraction of sp³-hybridized carbons (Fsp3) is 0.444. The number of carbonyl (C=O) groups is 1. The van der Waals surface area contributed by atoms with Gasteiger partial charge in [0.1, 0.15) is 0 Å². The van der Waals surface area contributed by atoms with Gasteiger partial charge >= 0.3 is 5.97 Å². The molecule has 0 saturated heterocycles. The summed E-state index contributed by atoms with van der Waals surface area (Å²) in [6, 6.07) is 0. The molecule has 0 spiro atoms. The van der Waals surface area contributed by atoms with Crippen LogP contribution in [0.4, 0.5) is 0 Å². The number of aliphatic carboxylic acids is 1. The van der Waals surface area contributed by atoms with E-state index in [-0.39, 0.29) is 11.6 Å². The van der Waals surface area contributed by atoms with Gasteiger partial charge in [-0.15, -0.1) is 0 Å². The highest BCUT2D eigenvalue weighted by molar-refractivity contribution is 7.90. The van der Waals surface area contributed by atoms with Crippen LogP contribution in [0.2, 0.25) is 0 Å². The van der Waals surface area contributed by atoms with Crippen LogP contribution in [0, 0.1) is 13.8 Å². The molecule has 0 aromatic carbocycles. The minimum absolute atomic E-state index is 0.207. The Labute approximate surface area is 93.3 Å². The molecule has 1 heterocycles. The lowest BCUT2D eigenvalue weighted by atomic mass is 10.1. The summed E-state index contributed by atoms with van der Waals surface area (Å²) >= 11 is 0. The SMILES string of the molecule is Cc1nc(S(C)(=O)=O)nc(C)c1CC(=O)O. The average Bonchev–Trinajstić information content (AvgIpc) is 2.09. The number of aryl methyl sites for hydroxylation is 2. The molecule has 0 fully saturated rings. The number of sulfone groups is 1. The van der Waals surface area contributed by atoms with E-state index >= 15 is 0 Å². The maximum absolute atomic E-state index is 11.2. The van der Waals surface area contributed by atoms with Gasteiger partial charge < -0.3 is 5.11 Å². The zero-order valence-electron chi connectivity index (χ0n) is 9.18. The molecule has 1 aromatic heterocycles. The predicted molar refractivity (Wildman–Crippen MR) is 56.0 cm³/mol. The summed E-state index contributed by atoms with van der Waals surface area (Å²) in [6.45, 7) is 3.14. The monoisotopic (exact) mass is 244 g/mol. The Morgan fingerprint density at radius 2 is 1.69 bits per heavy atom. The molecule has 0 radical (unpaired) electrons. The highest BCUT2D eigenvalue weighted by Gasteiger charge is 2.16. The van der Waals surface area contributed by atoms with Crippen molar-refractivity contribution in [2.75, 3.05) is 6.26 Å². The van der Waals surface area contributed by atoms with Crippen LogP contribution >= 0.6 is 0 Å². The second-order valence-corrected chi connectivity index (χ2v) is 5.41. The zero-order valence-corrected chi connectivity index (χ0v) is 10.00. The van der Waals surface area contributed by atoms with Crippen LogP contribution in [0.15, 0.2) is 5.16 Å². The van der Waals surface area contributed by atoms with Crippen LogP contribution in [0.25, 0.3) is 0 Å². The van der Waals surface area contributed by atoms with Crippen LogP contribution < -0.4 is 0 Å². The van der Waals surface area contributed by atoms with Gasteiger partial charge in [0.05, 0.1) is 6.42 Å². The lowest BCUT2D eigenvalue weighted by Gasteiger charge is -2.07. The summed E-state index contributed by atoms with van der Waals surface area (Å²) in [4.78, 5) is 18.2. The number of aromatic nitrogens is 2. The van der Waals surface area contributed by atoms with E-state index in [1.165, 1.54) is 0 Å². The van der Waals surface area contributed by atoms with Crippen molar-refractivity contribution in [3.05, 3.63) is 17.0 Å². The van der Waals surface area contributed by atoms with Crippen LogP contribution in [-0.2, 0) is 21.1 Å². The van der Waals surface area contributed by atoms with Gasteiger partial charge in [-0.3, -0.25) is 4.79 Å². The molecule has 0 aliphatic heterocycles. The van der Waals surface area contributed by atoms with Gasteiger partial charge in [-0.25, -0.2) is 18.4 Å². The van der Waals surface area contributed by atoms with E-state index in [0.717, 1.165) is 6.26 Å². The van der Waals surface area contributed by atoms with Crippen molar-refractivity contribution in [3.63, 3.8) is 0 Å². The van der Waals surface area contributed by atoms with Gasteiger partial charge in [0.15, 0.2) is 0 Å². The van der Waals surface area contributed by atoms with Gasteiger partial charge in [0.2, 0.25) is 15.0 Å². The largest absolute Gasteiger partial charge is 0.481 e. The summed E-state index contributed by atoms with van der Waals surface area (Å²) in [6.07, 6.45) is 0.805. The normalized spacial score (nSPS) is 11.4. The molecule has 1 rings (SSSR count). The van der Waals surface area contributed by atoms with Crippen LogP contribution in [-0.4, -0.2) is 35.7 Å². The fourth-order valence-electron chi connectivity index (χ4n) is 1.28. The van der Waals surface area contributed by atoms with E-state index in [2.05, 4.69) is 9.97 Å². The van der Waals surface area contributed by atoms with Crippen LogP contribution in [0.1, 0.15) is 17.0 Å². The third-order valence-electron chi connectivity index (χ3n) is 2.06. The maximum Gasteiger partial charge on any atom is 0.307 e. The van der Waals surface area contributed by atoms with Crippen LogP contribution in [0.3, 0.4) is 0 Å². The number of hydrogen-bond donors (Lipinski definition) is 1. The van der Waals surface area contributed by atoms with E-state index in [9.17, 15) is 13.2 Å². The number of nitrogens with zero attached hydrogens (tertiary/aromatic N) is 2. The second-order valence-electron chi connectivity index (χ2n) is 3.50. The Morgan fingerprint density at radius 3 is 2.00 bits per heavy atom. The molecule has 6 nitrogen and oxygen atoms in total. The first-order valence-corrected chi connectivity index (χ1v) is 6.37. The first kappa shape index (κ1) is 12.6. The van der Waals surface area contributed by atoms with Crippen molar-refractivity contribution in [1.82, 2.24) is 9.97 Å². The van der Waals surface area contributed by atoms with Crippen molar-refractivity contribution in [2.24, 2.45) is 0 Å². The quantitative estimate of drug-likeness (QED) is 0.759. The van der Waals surface area contributed by atoms with Gasteiger partial charge in [0, 0.05) is 23.2 Å². The van der Waals surface area contributed by atoms with Gasteiger partial charge in [-0.1, -0.05) is 0 Å². The Hall–Kier alpha value is -1.50. The van der Waals surface area contributed by atoms with Gasteiger partial charge in [-0.2, -0.15) is 0 Å².